The lowest BCUT2D eigenvalue weighted by atomic mass is 10.1. The molecule has 1 atom stereocenters. The average molecular weight is 346 g/mol. The van der Waals surface area contributed by atoms with Crippen LogP contribution in [0.25, 0.3) is 0 Å². The molecule has 1 aromatic carbocycles. The third-order valence-electron chi connectivity index (χ3n) is 4.25. The molecule has 25 heavy (non-hydrogen) atoms. The van der Waals surface area contributed by atoms with Crippen LogP contribution >= 0.6 is 0 Å². The highest BCUT2D eigenvalue weighted by atomic mass is 16.5. The molecule has 0 radical (unpaired) electrons. The zero-order chi connectivity index (χ0) is 17.6. The molecule has 2 aromatic rings. The quantitative estimate of drug-likeness (QED) is 0.830. The summed E-state index contributed by atoms with van der Waals surface area (Å²) in [7, 11) is 1.64. The topological polar surface area (TPSA) is 89.7 Å². The summed E-state index contributed by atoms with van der Waals surface area (Å²) in [5.41, 5.74) is 2.10. The maximum absolute atomic E-state index is 11.3. The Morgan fingerprint density at radius 2 is 2.32 bits per heavy atom. The third kappa shape index (κ3) is 4.55. The van der Waals surface area contributed by atoms with Crippen molar-refractivity contribution >= 4 is 5.97 Å². The predicted molar refractivity (Wildman–Crippen MR) is 89.3 cm³/mol. The van der Waals surface area contributed by atoms with Crippen molar-refractivity contribution in [3.05, 3.63) is 42.0 Å². The number of methoxy groups -OCH3 is 1. The molecule has 1 aliphatic rings. The molecule has 1 unspecified atom stereocenters. The van der Waals surface area contributed by atoms with Gasteiger partial charge in [-0.2, -0.15) is 5.10 Å². The summed E-state index contributed by atoms with van der Waals surface area (Å²) < 4.78 is 12.6. The van der Waals surface area contributed by atoms with E-state index in [9.17, 15) is 9.90 Å². The zero-order valence-electron chi connectivity index (χ0n) is 14.2. The summed E-state index contributed by atoms with van der Waals surface area (Å²) in [5.74, 6) is -0.509. The Kier molecular flexibility index (Phi) is 5.62. The number of aliphatic carboxylic acids is 1. The van der Waals surface area contributed by atoms with E-state index in [2.05, 4.69) is 21.0 Å². The van der Waals surface area contributed by atoms with Crippen LogP contribution in [0.3, 0.4) is 0 Å². The molecule has 8 heteroatoms. The fourth-order valence-corrected chi connectivity index (χ4v) is 2.97. The average Bonchev–Trinajstić information content (AvgIpc) is 2.99. The van der Waals surface area contributed by atoms with Crippen molar-refractivity contribution in [1.82, 2.24) is 19.7 Å². The van der Waals surface area contributed by atoms with Gasteiger partial charge in [-0.3, -0.25) is 9.69 Å². The summed E-state index contributed by atoms with van der Waals surface area (Å²) in [5, 5.41) is 13.4. The number of rotatable bonds is 6. The first-order valence-corrected chi connectivity index (χ1v) is 8.17. The Balaban J connectivity index is 1.74. The first-order valence-electron chi connectivity index (χ1n) is 8.17. The molecule has 0 bridgehead atoms. The second-order valence-electron chi connectivity index (χ2n) is 6.08. The van der Waals surface area contributed by atoms with Gasteiger partial charge in [-0.25, -0.2) is 9.67 Å². The van der Waals surface area contributed by atoms with Crippen LogP contribution in [0.1, 0.15) is 11.1 Å². The maximum Gasteiger partial charge on any atom is 0.310 e. The molecule has 1 aliphatic heterocycles. The molecule has 1 saturated heterocycles. The van der Waals surface area contributed by atoms with Crippen molar-refractivity contribution in [2.24, 2.45) is 5.92 Å². The maximum atomic E-state index is 11.3. The highest BCUT2D eigenvalue weighted by molar-refractivity contribution is 5.70. The molecule has 1 fully saturated rings. The van der Waals surface area contributed by atoms with Gasteiger partial charge in [0.05, 0.1) is 32.8 Å². The van der Waals surface area contributed by atoms with Crippen LogP contribution in [-0.2, 0) is 22.6 Å². The standard InChI is InChI=1S/C17H22N4O4/c1-24-16-3-2-13(6-14(16)9-21-12-18-11-19-21)7-20-4-5-25-10-15(8-20)17(22)23/h2-3,6,11-12,15H,4-5,7-10H2,1H3,(H,22,23). The van der Waals surface area contributed by atoms with E-state index in [0.29, 0.717) is 32.8 Å². The van der Waals surface area contributed by atoms with Gasteiger partial charge in [-0.1, -0.05) is 6.07 Å². The summed E-state index contributed by atoms with van der Waals surface area (Å²) in [6.45, 7) is 3.26. The van der Waals surface area contributed by atoms with Crippen LogP contribution in [0.4, 0.5) is 0 Å². The number of carboxylic acids is 1. The molecule has 8 nitrogen and oxygen atoms in total. The molecular formula is C17H22N4O4. The number of hydrogen-bond donors (Lipinski definition) is 1. The molecule has 0 aliphatic carbocycles. The molecule has 134 valence electrons. The van der Waals surface area contributed by atoms with Crippen molar-refractivity contribution in [3.63, 3.8) is 0 Å². The lowest BCUT2D eigenvalue weighted by Gasteiger charge is -2.22. The first-order chi connectivity index (χ1) is 12.2. The normalized spacial score (nSPS) is 18.7. The number of nitrogens with zero attached hydrogens (tertiary/aromatic N) is 4. The lowest BCUT2D eigenvalue weighted by molar-refractivity contribution is -0.143. The van der Waals surface area contributed by atoms with Gasteiger partial charge in [0.15, 0.2) is 0 Å². The van der Waals surface area contributed by atoms with Gasteiger partial charge in [-0.05, 0) is 17.7 Å². The minimum Gasteiger partial charge on any atom is -0.496 e. The van der Waals surface area contributed by atoms with Crippen LogP contribution in [0, 0.1) is 5.92 Å². The van der Waals surface area contributed by atoms with Gasteiger partial charge in [0.2, 0.25) is 0 Å². The second kappa shape index (κ2) is 8.09. The third-order valence-corrected chi connectivity index (χ3v) is 4.25. The smallest absolute Gasteiger partial charge is 0.310 e. The summed E-state index contributed by atoms with van der Waals surface area (Å²) in [6, 6.07) is 6.01. The van der Waals surface area contributed by atoms with E-state index in [1.54, 1.807) is 18.1 Å². The van der Waals surface area contributed by atoms with Crippen LogP contribution < -0.4 is 4.74 Å². The van der Waals surface area contributed by atoms with Gasteiger partial charge in [0.1, 0.15) is 18.4 Å². The monoisotopic (exact) mass is 346 g/mol. The van der Waals surface area contributed by atoms with E-state index in [4.69, 9.17) is 9.47 Å². The van der Waals surface area contributed by atoms with E-state index in [1.807, 2.05) is 12.1 Å². The Bertz CT molecular complexity index is 705. The number of hydrogen-bond acceptors (Lipinski definition) is 6. The van der Waals surface area contributed by atoms with E-state index in [1.165, 1.54) is 6.33 Å². The Morgan fingerprint density at radius 3 is 3.04 bits per heavy atom. The number of ether oxygens (including phenoxy) is 2. The van der Waals surface area contributed by atoms with Gasteiger partial charge >= 0.3 is 5.97 Å². The van der Waals surface area contributed by atoms with Crippen molar-refractivity contribution in [3.8, 4) is 5.75 Å². The molecular weight excluding hydrogens is 324 g/mol. The van der Waals surface area contributed by atoms with Gasteiger partial charge in [0.25, 0.3) is 0 Å². The van der Waals surface area contributed by atoms with Gasteiger partial charge in [0, 0.05) is 25.2 Å². The summed E-state index contributed by atoms with van der Waals surface area (Å²) in [4.78, 5) is 17.4. The Labute approximate surface area is 146 Å². The SMILES string of the molecule is COc1ccc(CN2CCOCC(C(=O)O)C2)cc1Cn1cncn1. The summed E-state index contributed by atoms with van der Waals surface area (Å²) >= 11 is 0. The fourth-order valence-electron chi connectivity index (χ4n) is 2.97. The molecule has 0 spiro atoms. The summed E-state index contributed by atoms with van der Waals surface area (Å²) in [6.07, 6.45) is 3.16. The van der Waals surface area contributed by atoms with Crippen LogP contribution in [0.15, 0.2) is 30.9 Å². The molecule has 1 N–H and O–H groups in total. The van der Waals surface area contributed by atoms with Crippen molar-refractivity contribution in [2.75, 3.05) is 33.4 Å². The molecule has 2 heterocycles. The second-order valence-corrected chi connectivity index (χ2v) is 6.08. The Morgan fingerprint density at radius 1 is 1.44 bits per heavy atom. The molecule has 0 amide bonds. The number of carbonyl (C=O) groups is 1. The van der Waals surface area contributed by atoms with Crippen molar-refractivity contribution in [1.29, 1.82) is 0 Å². The highest BCUT2D eigenvalue weighted by Crippen LogP contribution is 2.22. The van der Waals surface area contributed by atoms with Crippen LogP contribution in [0.2, 0.25) is 0 Å². The molecule has 0 saturated carbocycles. The molecule has 3 rings (SSSR count). The van der Waals surface area contributed by atoms with Gasteiger partial charge in [-0.15, -0.1) is 0 Å². The van der Waals surface area contributed by atoms with E-state index < -0.39 is 11.9 Å². The van der Waals surface area contributed by atoms with Crippen molar-refractivity contribution < 1.29 is 19.4 Å². The minimum absolute atomic E-state index is 0.270. The van der Waals surface area contributed by atoms with Gasteiger partial charge < -0.3 is 14.6 Å². The Hall–Kier alpha value is -2.45. The number of carboxylic acid groups (broad SMARTS) is 1. The fraction of sp³-hybridized carbons (Fsp3) is 0.471. The van der Waals surface area contributed by atoms with Crippen molar-refractivity contribution in [2.45, 2.75) is 13.1 Å². The molecule has 1 aromatic heterocycles. The lowest BCUT2D eigenvalue weighted by Crippen LogP contribution is -2.33. The van der Waals surface area contributed by atoms with Crippen LogP contribution in [0.5, 0.6) is 5.75 Å². The highest BCUT2D eigenvalue weighted by Gasteiger charge is 2.24. The minimum atomic E-state index is -0.812. The first kappa shape index (κ1) is 17.4. The van der Waals surface area contributed by atoms with E-state index >= 15 is 0 Å². The van der Waals surface area contributed by atoms with E-state index in [0.717, 1.165) is 16.9 Å². The zero-order valence-corrected chi connectivity index (χ0v) is 14.2. The number of benzene rings is 1. The van der Waals surface area contributed by atoms with E-state index in [-0.39, 0.29) is 6.61 Å². The largest absolute Gasteiger partial charge is 0.496 e. The number of aromatic nitrogens is 3. The predicted octanol–water partition coefficient (Wildman–Crippen LogP) is 0.868. The van der Waals surface area contributed by atoms with Crippen LogP contribution in [-0.4, -0.2) is 64.2 Å².